The van der Waals surface area contributed by atoms with Crippen LogP contribution in [0.25, 0.3) is 0 Å². The van der Waals surface area contributed by atoms with E-state index in [0.29, 0.717) is 30.7 Å². The summed E-state index contributed by atoms with van der Waals surface area (Å²) in [4.78, 5) is 23.1. The van der Waals surface area contributed by atoms with Gasteiger partial charge in [-0.2, -0.15) is 0 Å². The van der Waals surface area contributed by atoms with Gasteiger partial charge in [-0.1, -0.05) is 0 Å². The van der Waals surface area contributed by atoms with Gasteiger partial charge in [-0.25, -0.2) is 0 Å². The maximum atomic E-state index is 11.8. The molecule has 0 spiro atoms. The van der Waals surface area contributed by atoms with Crippen LogP contribution in [0, 0.1) is 0 Å². The molecule has 1 amide bonds. The number of hydrogen-bond acceptors (Lipinski definition) is 2. The maximum absolute atomic E-state index is 11.8. The summed E-state index contributed by atoms with van der Waals surface area (Å²) in [5, 5.41) is 2.82. The molecule has 3 nitrogen and oxygen atoms in total. The van der Waals surface area contributed by atoms with E-state index in [1.54, 1.807) is 0 Å². The average Bonchev–Trinajstić information content (AvgIpc) is 2.37. The Morgan fingerprint density at radius 1 is 1.28 bits per heavy atom. The first-order valence-electron chi connectivity index (χ1n) is 5.76. The number of carbonyl (C=O) groups is 2. The Bertz CT molecular complexity index is 500. The van der Waals surface area contributed by atoms with Crippen molar-refractivity contribution in [3.8, 4) is 0 Å². The molecule has 1 aliphatic rings. The predicted molar refractivity (Wildman–Crippen MR) is 72.9 cm³/mol. The Labute approximate surface area is 115 Å². The smallest absolute Gasteiger partial charge is 0.224 e. The molecule has 1 aliphatic heterocycles. The van der Waals surface area contributed by atoms with E-state index in [1.165, 1.54) is 0 Å². The van der Waals surface area contributed by atoms with Crippen molar-refractivity contribution in [3.05, 3.63) is 28.8 Å². The number of fused-ring (bicyclic) bond motifs is 1. The summed E-state index contributed by atoms with van der Waals surface area (Å²) >= 11 is 11.3. The van der Waals surface area contributed by atoms with Crippen molar-refractivity contribution in [1.82, 2.24) is 0 Å². The van der Waals surface area contributed by atoms with E-state index < -0.39 is 0 Å². The quantitative estimate of drug-likeness (QED) is 0.683. The number of Topliss-reactive ketones (excluding diaryl/α,β-unsaturated/α-hetero) is 1. The molecule has 2 rings (SSSR count). The normalized spacial score (nSPS) is 14.0. The summed E-state index contributed by atoms with van der Waals surface area (Å²) < 4.78 is 0. The fourth-order valence-electron chi connectivity index (χ4n) is 2.11. The molecule has 18 heavy (non-hydrogen) atoms. The Morgan fingerprint density at radius 2 is 2.06 bits per heavy atom. The minimum absolute atomic E-state index is 0.00995. The molecular weight excluding hydrogens is 273 g/mol. The zero-order chi connectivity index (χ0) is 13.1. The lowest BCUT2D eigenvalue weighted by atomic mass is 9.93. The molecule has 1 aromatic rings. The minimum atomic E-state index is -0.100. The van der Waals surface area contributed by atoms with Crippen LogP contribution in [-0.4, -0.2) is 23.5 Å². The van der Waals surface area contributed by atoms with E-state index in [0.717, 1.165) is 16.8 Å². The molecule has 96 valence electrons. The van der Waals surface area contributed by atoms with Gasteiger partial charge in [-0.3, -0.25) is 9.59 Å². The first-order valence-corrected chi connectivity index (χ1v) is 6.83. The van der Waals surface area contributed by atoms with Crippen LogP contribution in [0.15, 0.2) is 12.1 Å². The second-order valence-electron chi connectivity index (χ2n) is 4.21. The molecule has 0 saturated heterocycles. The third-order valence-electron chi connectivity index (χ3n) is 3.01. The third-order valence-corrected chi connectivity index (χ3v) is 3.44. The summed E-state index contributed by atoms with van der Waals surface area (Å²) in [7, 11) is 0. The molecule has 0 bridgehead atoms. The van der Waals surface area contributed by atoms with Gasteiger partial charge < -0.3 is 5.32 Å². The lowest BCUT2D eigenvalue weighted by molar-refractivity contribution is -0.116. The summed E-state index contributed by atoms with van der Waals surface area (Å²) in [6, 6.07) is 3.68. The first-order chi connectivity index (χ1) is 8.65. The van der Waals surface area contributed by atoms with Crippen molar-refractivity contribution in [1.29, 1.82) is 0 Å². The van der Waals surface area contributed by atoms with Gasteiger partial charge in [0, 0.05) is 23.6 Å². The highest BCUT2D eigenvalue weighted by Crippen LogP contribution is 2.27. The van der Waals surface area contributed by atoms with Gasteiger partial charge in [0.05, 0.1) is 5.88 Å². The van der Waals surface area contributed by atoms with Crippen molar-refractivity contribution >= 4 is 40.6 Å². The van der Waals surface area contributed by atoms with Crippen LogP contribution in [0.2, 0.25) is 0 Å². The fourth-order valence-corrected chi connectivity index (χ4v) is 2.46. The molecule has 1 aromatic carbocycles. The van der Waals surface area contributed by atoms with E-state index in [-0.39, 0.29) is 17.6 Å². The highest BCUT2D eigenvalue weighted by atomic mass is 35.5. The minimum Gasteiger partial charge on any atom is -0.326 e. The predicted octanol–water partition coefficient (Wildman–Crippen LogP) is 2.77. The van der Waals surface area contributed by atoms with Gasteiger partial charge in [-0.15, -0.1) is 23.2 Å². The van der Waals surface area contributed by atoms with E-state index in [4.69, 9.17) is 23.2 Å². The van der Waals surface area contributed by atoms with Gasteiger partial charge in [0.1, 0.15) is 0 Å². The number of ketones is 1. The second kappa shape index (κ2) is 5.72. The molecule has 0 unspecified atom stereocenters. The molecule has 0 saturated carbocycles. The summed E-state index contributed by atoms with van der Waals surface area (Å²) in [5.74, 6) is 0.294. The highest BCUT2D eigenvalue weighted by molar-refractivity contribution is 6.30. The third kappa shape index (κ3) is 2.68. The summed E-state index contributed by atoms with van der Waals surface area (Å²) in [5.41, 5.74) is 3.25. The van der Waals surface area contributed by atoms with Crippen molar-refractivity contribution < 1.29 is 9.59 Å². The number of carbonyl (C=O) groups excluding carboxylic acids is 2. The zero-order valence-electron chi connectivity index (χ0n) is 9.76. The van der Waals surface area contributed by atoms with Gasteiger partial charge >= 0.3 is 0 Å². The average molecular weight is 286 g/mol. The number of amides is 1. The lowest BCUT2D eigenvalue weighted by Crippen LogP contribution is -2.20. The van der Waals surface area contributed by atoms with Gasteiger partial charge in [0.15, 0.2) is 5.78 Å². The van der Waals surface area contributed by atoms with Crippen LogP contribution in [0.1, 0.15) is 27.9 Å². The van der Waals surface area contributed by atoms with E-state index in [2.05, 4.69) is 5.32 Å². The monoisotopic (exact) mass is 285 g/mol. The number of benzene rings is 1. The first kappa shape index (κ1) is 13.4. The van der Waals surface area contributed by atoms with Gasteiger partial charge in [0.2, 0.25) is 5.91 Å². The number of alkyl halides is 2. The number of hydrogen-bond donors (Lipinski definition) is 1. The molecule has 1 N–H and O–H groups in total. The largest absolute Gasteiger partial charge is 0.326 e. The van der Waals surface area contributed by atoms with Crippen LogP contribution in [0.5, 0.6) is 0 Å². The van der Waals surface area contributed by atoms with E-state index in [9.17, 15) is 9.59 Å². The number of aryl methyl sites for hydroxylation is 2. The Morgan fingerprint density at radius 3 is 2.72 bits per heavy atom. The lowest BCUT2D eigenvalue weighted by Gasteiger charge is -2.19. The maximum Gasteiger partial charge on any atom is 0.224 e. The Kier molecular flexibility index (Phi) is 4.25. The van der Waals surface area contributed by atoms with Crippen LogP contribution in [0.3, 0.4) is 0 Å². The molecular formula is C13H13Cl2NO2. The molecule has 5 heteroatoms. The Balaban J connectivity index is 2.46. The molecule has 1 heterocycles. The van der Waals surface area contributed by atoms with E-state index in [1.807, 2.05) is 12.1 Å². The zero-order valence-corrected chi connectivity index (χ0v) is 11.3. The van der Waals surface area contributed by atoms with Gasteiger partial charge in [0.25, 0.3) is 0 Å². The van der Waals surface area contributed by atoms with Crippen molar-refractivity contribution in [3.63, 3.8) is 0 Å². The topological polar surface area (TPSA) is 46.2 Å². The van der Waals surface area contributed by atoms with Crippen LogP contribution < -0.4 is 5.32 Å². The van der Waals surface area contributed by atoms with Crippen LogP contribution in [0.4, 0.5) is 5.69 Å². The number of nitrogens with one attached hydrogen (secondary N) is 1. The highest BCUT2D eigenvalue weighted by Gasteiger charge is 2.19. The SMILES string of the molecule is O=C1CCc2cc(C(=O)CCl)c(CCCl)cc2N1. The standard InChI is InChI=1S/C13H13Cl2NO2/c14-4-3-8-6-11-9(1-2-13(18)16-11)5-10(8)12(17)7-15/h5-6H,1-4,7H2,(H,16,18). The second-order valence-corrected chi connectivity index (χ2v) is 4.86. The fraction of sp³-hybridized carbons (Fsp3) is 0.385. The molecule has 0 radical (unpaired) electrons. The van der Waals surface area contributed by atoms with Crippen LogP contribution in [-0.2, 0) is 17.6 Å². The molecule has 0 aliphatic carbocycles. The van der Waals surface area contributed by atoms with Crippen molar-refractivity contribution in [2.75, 3.05) is 17.1 Å². The molecule has 0 atom stereocenters. The molecule has 0 aromatic heterocycles. The summed E-state index contributed by atoms with van der Waals surface area (Å²) in [6.07, 6.45) is 1.70. The van der Waals surface area contributed by atoms with E-state index >= 15 is 0 Å². The number of halogens is 2. The van der Waals surface area contributed by atoms with Gasteiger partial charge in [-0.05, 0) is 36.1 Å². The summed E-state index contributed by atoms with van der Waals surface area (Å²) in [6.45, 7) is 0. The number of anilines is 1. The van der Waals surface area contributed by atoms with Crippen molar-refractivity contribution in [2.24, 2.45) is 0 Å². The molecule has 0 fully saturated rings. The Hall–Kier alpha value is -1.06. The van der Waals surface area contributed by atoms with Crippen LogP contribution >= 0.6 is 23.2 Å². The van der Waals surface area contributed by atoms with Crippen molar-refractivity contribution in [2.45, 2.75) is 19.3 Å². The number of rotatable bonds is 4.